The highest BCUT2D eigenvalue weighted by Gasteiger charge is 2.51. The van der Waals surface area contributed by atoms with Gasteiger partial charge in [-0.2, -0.15) is 5.26 Å². The van der Waals surface area contributed by atoms with Gasteiger partial charge in [0.2, 0.25) is 5.88 Å². The third kappa shape index (κ3) is 5.33. The zero-order valence-corrected chi connectivity index (χ0v) is 28.6. The highest BCUT2D eigenvalue weighted by molar-refractivity contribution is 7.99. The van der Waals surface area contributed by atoms with Gasteiger partial charge in [0.05, 0.1) is 54.2 Å². The number of nitriles is 1. The Kier molecular flexibility index (Phi) is 8.22. The van der Waals surface area contributed by atoms with Crippen LogP contribution in [0, 0.1) is 11.3 Å². The highest BCUT2D eigenvalue weighted by Crippen LogP contribution is 2.50. The van der Waals surface area contributed by atoms with Gasteiger partial charge in [-0.05, 0) is 56.0 Å². The van der Waals surface area contributed by atoms with E-state index < -0.39 is 35.5 Å². The van der Waals surface area contributed by atoms with E-state index in [1.807, 2.05) is 16.7 Å². The number of amides is 2. The van der Waals surface area contributed by atoms with Gasteiger partial charge in [-0.3, -0.25) is 14.5 Å². The van der Waals surface area contributed by atoms with Crippen LogP contribution in [0.1, 0.15) is 48.9 Å². The smallest absolute Gasteiger partial charge is 0.282 e. The number of pyridine rings is 1. The molecule has 1 aromatic heterocycles. The fraction of sp³-hybridized carbons (Fsp3) is 0.556. The van der Waals surface area contributed by atoms with Crippen molar-refractivity contribution in [2.45, 2.75) is 80.2 Å². The molecule has 2 unspecified atom stereocenters. The molecule has 3 saturated heterocycles. The lowest BCUT2D eigenvalue weighted by Gasteiger charge is -2.51. The number of ether oxygens (including phenoxy) is 1. The van der Waals surface area contributed by atoms with Crippen LogP contribution in [-0.2, 0) is 29.0 Å². The molecule has 0 N–H and O–H groups in total. The number of anilines is 3. The summed E-state index contributed by atoms with van der Waals surface area (Å²) < 4.78 is 35.6. The summed E-state index contributed by atoms with van der Waals surface area (Å²) in [7, 11) is 1.69. The summed E-state index contributed by atoms with van der Waals surface area (Å²) in [5.41, 5.74) is 5.41. The summed E-state index contributed by atoms with van der Waals surface area (Å²) in [4.78, 5) is 42.9. The molecule has 49 heavy (non-hydrogen) atoms. The van der Waals surface area contributed by atoms with E-state index in [0.29, 0.717) is 37.5 Å². The van der Waals surface area contributed by atoms with Gasteiger partial charge in [-0.25, -0.2) is 13.8 Å². The van der Waals surface area contributed by atoms with Crippen LogP contribution in [0.25, 0.3) is 0 Å². The average Bonchev–Trinajstić information content (AvgIpc) is 3.63. The Labute approximate surface area is 289 Å². The minimum atomic E-state index is -1.12. The van der Waals surface area contributed by atoms with Crippen LogP contribution < -0.4 is 19.4 Å². The molecule has 10 nitrogen and oxygen atoms in total. The fourth-order valence-corrected chi connectivity index (χ4v) is 10.3. The van der Waals surface area contributed by atoms with Crippen molar-refractivity contribution < 1.29 is 23.1 Å². The van der Waals surface area contributed by atoms with Crippen molar-refractivity contribution in [3.05, 3.63) is 47.4 Å². The second-order valence-corrected chi connectivity index (χ2v) is 15.3. The van der Waals surface area contributed by atoms with Crippen molar-refractivity contribution in [2.75, 3.05) is 66.8 Å². The number of carbonyl (C=O) groups excluding carboxylic acids is 2. The maximum Gasteiger partial charge on any atom is 0.282 e. The highest BCUT2D eigenvalue weighted by atomic mass is 32.2. The van der Waals surface area contributed by atoms with Crippen LogP contribution in [0.5, 0.6) is 5.88 Å². The van der Waals surface area contributed by atoms with E-state index in [1.54, 1.807) is 11.9 Å². The van der Waals surface area contributed by atoms with Gasteiger partial charge in [0.25, 0.3) is 11.8 Å². The number of fused-ring (bicyclic) bond motifs is 7. The van der Waals surface area contributed by atoms with Crippen molar-refractivity contribution in [2.24, 2.45) is 0 Å². The number of hydrogen-bond donors (Lipinski definition) is 0. The molecule has 7 heterocycles. The number of nitrogens with zero attached hydrogens (tertiary/aromatic N) is 7. The minimum Gasteiger partial charge on any atom is -0.474 e. The summed E-state index contributed by atoms with van der Waals surface area (Å²) in [5, 5.41) is 9.70. The predicted octanol–water partition coefficient (Wildman–Crippen LogP) is 4.40. The van der Waals surface area contributed by atoms with Gasteiger partial charge in [0.1, 0.15) is 24.5 Å². The molecule has 6 aliphatic heterocycles. The third-order valence-electron chi connectivity index (χ3n) is 11.4. The number of thioether (sulfide) groups is 1. The number of hydrogen-bond acceptors (Lipinski definition) is 9. The Morgan fingerprint density at radius 2 is 2.06 bits per heavy atom. The number of alkyl halides is 1. The minimum absolute atomic E-state index is 0.0223. The van der Waals surface area contributed by atoms with E-state index in [4.69, 9.17) is 9.72 Å². The lowest BCUT2D eigenvalue weighted by molar-refractivity contribution is -0.133. The lowest BCUT2D eigenvalue weighted by Crippen LogP contribution is -2.66. The molecule has 13 heteroatoms. The number of aryl methyl sites for hydroxylation is 1. The fourth-order valence-electron chi connectivity index (χ4n) is 9.08. The van der Waals surface area contributed by atoms with E-state index in [1.165, 1.54) is 27.5 Å². The zero-order valence-electron chi connectivity index (χ0n) is 27.8. The van der Waals surface area contributed by atoms with Crippen LogP contribution >= 0.6 is 11.8 Å². The molecule has 6 aliphatic rings. The van der Waals surface area contributed by atoms with Crippen molar-refractivity contribution in [1.29, 1.82) is 5.26 Å². The van der Waals surface area contributed by atoms with Crippen LogP contribution in [0.2, 0.25) is 0 Å². The molecule has 0 aliphatic carbocycles. The normalized spacial score (nSPS) is 27.6. The molecule has 258 valence electrons. The number of piperazine rings is 1. The van der Waals surface area contributed by atoms with Crippen LogP contribution in [0.4, 0.5) is 25.8 Å². The largest absolute Gasteiger partial charge is 0.474 e. The summed E-state index contributed by atoms with van der Waals surface area (Å²) in [6.45, 7) is 6.10. The van der Waals surface area contributed by atoms with Gasteiger partial charge < -0.3 is 24.3 Å². The van der Waals surface area contributed by atoms with Crippen molar-refractivity contribution in [1.82, 2.24) is 14.8 Å². The van der Waals surface area contributed by atoms with E-state index in [0.717, 1.165) is 55.0 Å². The monoisotopic (exact) mass is 689 g/mol. The molecular weight excluding hydrogens is 649 g/mol. The van der Waals surface area contributed by atoms with E-state index in [9.17, 15) is 23.6 Å². The van der Waals surface area contributed by atoms with Gasteiger partial charge in [-0.1, -0.05) is 18.7 Å². The summed E-state index contributed by atoms with van der Waals surface area (Å²) >= 11 is 1.91. The molecule has 1 aromatic carbocycles. The Morgan fingerprint density at radius 1 is 1.20 bits per heavy atom. The second-order valence-electron chi connectivity index (χ2n) is 14.2. The molecule has 2 amide bonds. The predicted molar refractivity (Wildman–Crippen MR) is 184 cm³/mol. The van der Waals surface area contributed by atoms with Crippen molar-refractivity contribution >= 4 is 40.6 Å². The number of halogens is 2. The van der Waals surface area contributed by atoms with E-state index >= 15 is 0 Å². The Balaban J connectivity index is 1.22. The van der Waals surface area contributed by atoms with Gasteiger partial charge in [-0.15, -0.1) is 11.8 Å². The molecule has 4 atom stereocenters. The number of rotatable bonds is 6. The Hall–Kier alpha value is -3.89. The molecule has 0 bridgehead atoms. The van der Waals surface area contributed by atoms with Crippen molar-refractivity contribution in [3.8, 4) is 11.9 Å². The maximum absolute atomic E-state index is 14.7. The van der Waals surface area contributed by atoms with E-state index in [-0.39, 0.29) is 32.0 Å². The van der Waals surface area contributed by atoms with Gasteiger partial charge in [0.15, 0.2) is 5.83 Å². The number of benzene rings is 1. The zero-order chi connectivity index (χ0) is 34.0. The Morgan fingerprint density at radius 3 is 2.88 bits per heavy atom. The lowest BCUT2D eigenvalue weighted by atomic mass is 9.93. The third-order valence-corrected chi connectivity index (χ3v) is 12.7. The molecular formula is C36H41F2N7O3S. The first-order valence-corrected chi connectivity index (χ1v) is 18.3. The molecule has 8 rings (SSSR count). The molecule has 0 radical (unpaired) electrons. The quantitative estimate of drug-likeness (QED) is 0.410. The van der Waals surface area contributed by atoms with Crippen LogP contribution in [0.3, 0.4) is 0 Å². The first-order valence-electron chi connectivity index (χ1n) is 17.3. The van der Waals surface area contributed by atoms with Crippen LogP contribution in [-0.4, -0.2) is 103 Å². The number of carbonyl (C=O) groups is 2. The van der Waals surface area contributed by atoms with Crippen molar-refractivity contribution in [3.63, 3.8) is 0 Å². The Bertz CT molecular complexity index is 1770. The first-order chi connectivity index (χ1) is 23.7. The SMILES string of the molecule is C=C(F)C(=O)N1CC2C(=O)N(C)c3c(OCC45CCCN4C[C@H](F)C5)nc4c(c3N2C[C@@H]1CC#N)CCN(c1cccc2c1SCCC2)C4. The van der Waals surface area contributed by atoms with E-state index in [2.05, 4.69) is 40.6 Å². The van der Waals surface area contributed by atoms with Gasteiger partial charge >= 0.3 is 0 Å². The molecule has 2 aromatic rings. The molecule has 0 spiro atoms. The summed E-state index contributed by atoms with van der Waals surface area (Å²) in [6.07, 6.45) is 4.20. The van der Waals surface area contributed by atoms with Crippen LogP contribution in [0.15, 0.2) is 35.5 Å². The topological polar surface area (TPSA) is 96.3 Å². The number of likely N-dealkylation sites (N-methyl/N-ethyl adjacent to an activating group) is 1. The maximum atomic E-state index is 14.7. The summed E-state index contributed by atoms with van der Waals surface area (Å²) in [6, 6.07) is 7.26. The number of aromatic nitrogens is 1. The second kappa shape index (κ2) is 12.5. The average molecular weight is 690 g/mol. The molecule has 0 saturated carbocycles. The standard InChI is InChI=1S/C36H41F2N7O3S/c1-22(37)34(46)44-20-29-35(47)41(2)31-30(45(29)18-25(44)9-12-39)26-10-14-42(28-8-3-6-23-7-4-15-49-32(23)28)19-27(26)40-33(31)48-21-36-11-5-13-43(36)17-24(38)16-36/h3,6,8,24-25,29H,1,4-5,7,9-11,13-21H2,2H3/t24-,25+,29?,36?/m1/s1. The molecule has 3 fully saturated rings. The van der Waals surface area contributed by atoms with Gasteiger partial charge in [0, 0.05) is 43.6 Å². The first kappa shape index (κ1) is 32.3. The summed E-state index contributed by atoms with van der Waals surface area (Å²) in [5.74, 6) is -0.857.